The van der Waals surface area contributed by atoms with E-state index in [1.807, 2.05) is 0 Å². The van der Waals surface area contributed by atoms with Crippen LogP contribution in [0.4, 0.5) is 0 Å². The van der Waals surface area contributed by atoms with Crippen LogP contribution in [0, 0.1) is 0 Å². The molecule has 0 unspecified atom stereocenters. The summed E-state index contributed by atoms with van der Waals surface area (Å²) < 4.78 is 6.75. The van der Waals surface area contributed by atoms with Gasteiger partial charge in [0.1, 0.15) is 11.2 Å². The van der Waals surface area contributed by atoms with E-state index < -0.39 is 0 Å². The molecule has 1 heterocycles. The summed E-state index contributed by atoms with van der Waals surface area (Å²) in [5, 5.41) is 9.60. The molecule has 9 aromatic carbocycles. The van der Waals surface area contributed by atoms with E-state index in [1.165, 1.54) is 71.3 Å². The summed E-state index contributed by atoms with van der Waals surface area (Å²) >= 11 is 0. The van der Waals surface area contributed by atoms with Crippen molar-refractivity contribution >= 4 is 54.3 Å². The first kappa shape index (κ1) is 27.7. The summed E-state index contributed by atoms with van der Waals surface area (Å²) in [5.74, 6) is 0. The molecule has 0 fully saturated rings. The third-order valence-electron chi connectivity index (χ3n) is 10.0. The van der Waals surface area contributed by atoms with Crippen LogP contribution in [0.15, 0.2) is 186 Å². The van der Waals surface area contributed by atoms with Gasteiger partial charge < -0.3 is 4.42 Å². The lowest BCUT2D eigenvalue weighted by Crippen LogP contribution is -1.92. The fourth-order valence-corrected chi connectivity index (χ4v) is 7.78. The van der Waals surface area contributed by atoms with Crippen molar-refractivity contribution in [2.75, 3.05) is 0 Å². The highest BCUT2D eigenvalue weighted by atomic mass is 16.3. The maximum atomic E-state index is 6.75. The molecule has 1 nitrogen and oxygen atoms in total. The zero-order chi connectivity index (χ0) is 32.3. The lowest BCUT2D eigenvalue weighted by Gasteiger charge is -2.19. The van der Waals surface area contributed by atoms with Crippen molar-refractivity contribution in [3.63, 3.8) is 0 Å². The molecule has 0 aliphatic heterocycles. The smallest absolute Gasteiger partial charge is 0.136 e. The molecular weight excluding hydrogens is 593 g/mol. The van der Waals surface area contributed by atoms with Crippen molar-refractivity contribution in [3.05, 3.63) is 182 Å². The highest BCUT2D eigenvalue weighted by Gasteiger charge is 2.22. The zero-order valence-electron chi connectivity index (χ0n) is 26.7. The summed E-state index contributed by atoms with van der Waals surface area (Å²) in [6.45, 7) is 0. The second kappa shape index (κ2) is 11.1. The van der Waals surface area contributed by atoms with Crippen molar-refractivity contribution in [1.82, 2.24) is 0 Å². The Balaban J connectivity index is 1.31. The van der Waals surface area contributed by atoms with Crippen LogP contribution >= 0.6 is 0 Å². The van der Waals surface area contributed by atoms with Crippen LogP contribution in [0.3, 0.4) is 0 Å². The van der Waals surface area contributed by atoms with E-state index in [1.54, 1.807) is 0 Å². The Bertz CT molecular complexity index is 2790. The molecule has 49 heavy (non-hydrogen) atoms. The molecule has 0 aliphatic carbocycles. The fourth-order valence-electron chi connectivity index (χ4n) is 7.78. The van der Waals surface area contributed by atoms with Crippen molar-refractivity contribution in [2.45, 2.75) is 0 Å². The third kappa shape index (κ3) is 4.47. The number of fused-ring (bicyclic) bond motifs is 6. The van der Waals surface area contributed by atoms with E-state index in [2.05, 4.69) is 182 Å². The first-order chi connectivity index (χ1) is 24.3. The Labute approximate surface area is 284 Å². The predicted octanol–water partition coefficient (Wildman–Crippen LogP) is 13.7. The van der Waals surface area contributed by atoms with E-state index in [0.717, 1.165) is 27.5 Å². The van der Waals surface area contributed by atoms with Gasteiger partial charge in [0.25, 0.3) is 0 Å². The molecule has 228 valence electrons. The molecule has 0 aliphatic rings. The van der Waals surface area contributed by atoms with Gasteiger partial charge in [-0.2, -0.15) is 0 Å². The highest BCUT2D eigenvalue weighted by Crippen LogP contribution is 2.48. The Morgan fingerprint density at radius 2 is 0.755 bits per heavy atom. The van der Waals surface area contributed by atoms with Crippen molar-refractivity contribution in [2.24, 2.45) is 0 Å². The average Bonchev–Trinajstić information content (AvgIpc) is 3.53. The van der Waals surface area contributed by atoms with Gasteiger partial charge in [-0.15, -0.1) is 0 Å². The lowest BCUT2D eigenvalue weighted by molar-refractivity contribution is 0.669. The van der Waals surface area contributed by atoms with Gasteiger partial charge in [0.15, 0.2) is 0 Å². The van der Waals surface area contributed by atoms with Gasteiger partial charge in [-0.3, -0.25) is 0 Å². The van der Waals surface area contributed by atoms with Crippen LogP contribution in [0.25, 0.3) is 98.8 Å². The van der Waals surface area contributed by atoms with Crippen molar-refractivity contribution < 1.29 is 4.42 Å². The van der Waals surface area contributed by atoms with Gasteiger partial charge in [-0.25, -0.2) is 0 Å². The maximum Gasteiger partial charge on any atom is 0.136 e. The summed E-state index contributed by atoms with van der Waals surface area (Å²) in [5.41, 5.74) is 11.4. The van der Waals surface area contributed by atoms with Crippen LogP contribution in [-0.2, 0) is 0 Å². The largest absolute Gasteiger partial charge is 0.456 e. The molecule has 1 heteroatoms. The van der Waals surface area contributed by atoms with E-state index >= 15 is 0 Å². The molecule has 0 bridgehead atoms. The van der Waals surface area contributed by atoms with E-state index in [9.17, 15) is 0 Å². The molecule has 10 aromatic rings. The third-order valence-corrected chi connectivity index (χ3v) is 10.0. The fraction of sp³-hybridized carbons (Fsp3) is 0. The minimum absolute atomic E-state index is 0.899. The molecule has 0 N–H and O–H groups in total. The average molecular weight is 623 g/mol. The Kier molecular flexibility index (Phi) is 6.25. The zero-order valence-corrected chi connectivity index (χ0v) is 26.7. The van der Waals surface area contributed by atoms with Gasteiger partial charge in [0.2, 0.25) is 0 Å². The molecule has 0 amide bonds. The van der Waals surface area contributed by atoms with E-state index in [4.69, 9.17) is 4.42 Å². The molecule has 0 radical (unpaired) electrons. The minimum Gasteiger partial charge on any atom is -0.456 e. The summed E-state index contributed by atoms with van der Waals surface area (Å²) in [7, 11) is 0. The van der Waals surface area contributed by atoms with Gasteiger partial charge >= 0.3 is 0 Å². The standard InChI is InChI=1S/C48H30O/c1-3-13-31(14-4-1)33-23-25-34(26-24-33)46-38-19-9-11-21-40(38)47(41-22-12-10-20-39(41)46)43-28-37(32-15-5-2-6-16-32)30-45-48(43)42-27-35-17-7-8-18-36(35)29-44(42)49-45/h1-30H. The predicted molar refractivity (Wildman–Crippen MR) is 208 cm³/mol. The van der Waals surface area contributed by atoms with Crippen molar-refractivity contribution in [3.8, 4) is 44.5 Å². The summed E-state index contributed by atoms with van der Waals surface area (Å²) in [6.07, 6.45) is 0. The Morgan fingerprint density at radius 1 is 0.286 bits per heavy atom. The second-order valence-corrected chi connectivity index (χ2v) is 12.8. The topological polar surface area (TPSA) is 13.1 Å². The summed E-state index contributed by atoms with van der Waals surface area (Å²) in [6, 6.07) is 65.7. The molecule has 0 saturated carbocycles. The molecule has 0 spiro atoms. The van der Waals surface area contributed by atoms with Gasteiger partial charge in [0, 0.05) is 10.8 Å². The number of benzene rings is 9. The summed E-state index contributed by atoms with van der Waals surface area (Å²) in [4.78, 5) is 0. The van der Waals surface area contributed by atoms with Gasteiger partial charge in [-0.1, -0.05) is 158 Å². The number of rotatable bonds is 4. The first-order valence-electron chi connectivity index (χ1n) is 16.8. The molecule has 0 saturated heterocycles. The maximum absolute atomic E-state index is 6.75. The lowest BCUT2D eigenvalue weighted by atomic mass is 9.84. The quantitative estimate of drug-likeness (QED) is 0.178. The van der Waals surface area contributed by atoms with Crippen LogP contribution in [0.2, 0.25) is 0 Å². The number of furan rings is 1. The normalized spacial score (nSPS) is 11.7. The number of hydrogen-bond acceptors (Lipinski definition) is 1. The second-order valence-electron chi connectivity index (χ2n) is 12.8. The van der Waals surface area contributed by atoms with Gasteiger partial charge in [0.05, 0.1) is 0 Å². The van der Waals surface area contributed by atoms with Crippen LogP contribution in [-0.4, -0.2) is 0 Å². The molecular formula is C48H30O. The Hall–Kier alpha value is -6.44. The van der Waals surface area contributed by atoms with Crippen LogP contribution in [0.1, 0.15) is 0 Å². The van der Waals surface area contributed by atoms with Crippen LogP contribution < -0.4 is 0 Å². The molecule has 1 aromatic heterocycles. The minimum atomic E-state index is 0.899. The van der Waals surface area contributed by atoms with E-state index in [-0.39, 0.29) is 0 Å². The van der Waals surface area contributed by atoms with Crippen molar-refractivity contribution in [1.29, 1.82) is 0 Å². The molecule has 10 rings (SSSR count). The van der Waals surface area contributed by atoms with Gasteiger partial charge in [-0.05, 0) is 101 Å². The Morgan fingerprint density at radius 3 is 1.37 bits per heavy atom. The van der Waals surface area contributed by atoms with Crippen LogP contribution in [0.5, 0.6) is 0 Å². The number of hydrogen-bond donors (Lipinski definition) is 0. The first-order valence-corrected chi connectivity index (χ1v) is 16.8. The SMILES string of the molecule is c1ccc(-c2ccc(-c3c4ccccc4c(-c4cc(-c5ccccc5)cc5oc6cc7ccccc7cc6c45)c4ccccc34)cc2)cc1. The monoisotopic (exact) mass is 622 g/mol. The molecule has 0 atom stereocenters. The highest BCUT2D eigenvalue weighted by molar-refractivity contribution is 6.26. The van der Waals surface area contributed by atoms with E-state index in [0.29, 0.717) is 0 Å².